The Morgan fingerprint density at radius 3 is 2.32 bits per heavy atom. The molecule has 2 rings (SSSR count). The predicted octanol–water partition coefficient (Wildman–Crippen LogP) is 2.97. The summed E-state index contributed by atoms with van der Waals surface area (Å²) in [5.41, 5.74) is -6.71. The van der Waals surface area contributed by atoms with Crippen molar-refractivity contribution in [1.29, 1.82) is 5.39 Å². The number of hydrogen-bond acceptors (Lipinski definition) is 9. The number of phenols is 1. The number of halogens is 3. The third-order valence-corrected chi connectivity index (χ3v) is 5.85. The maximum Gasteiger partial charge on any atom is 0.534 e. The van der Waals surface area contributed by atoms with Gasteiger partial charge in [-0.15, -0.1) is 0 Å². The van der Waals surface area contributed by atoms with Crippen LogP contribution in [0.4, 0.5) is 23.7 Å². The van der Waals surface area contributed by atoms with E-state index in [-0.39, 0.29) is 24.3 Å². The van der Waals surface area contributed by atoms with Crippen LogP contribution >= 0.6 is 0 Å². The standard InChI is InChI=1S/C24H26F3N5O8S/c1-23(2,3)39-22(36)31-18(21(35)30-13-20(34)29-12-15-5-4-6-16(33)9-15)11-14-7-8-19(17(10-14)32-28)40-41(37,38)24(25,26)27/h4-10,18H,11-13H2,1-3H3,(H3-,29,30,31,33,34,35,36)/p+1/t18-/m1/s1. The highest BCUT2D eigenvalue weighted by Crippen LogP contribution is 2.34. The summed E-state index contributed by atoms with van der Waals surface area (Å²) in [6, 6.07) is 7.49. The van der Waals surface area contributed by atoms with Crippen LogP contribution in [-0.2, 0) is 37.4 Å². The van der Waals surface area contributed by atoms with Crippen LogP contribution in [0, 0.1) is 5.39 Å². The van der Waals surface area contributed by atoms with Crippen LogP contribution < -0.4 is 20.1 Å². The van der Waals surface area contributed by atoms with E-state index in [4.69, 9.17) is 4.74 Å². The summed E-state index contributed by atoms with van der Waals surface area (Å²) < 4.78 is 69.8. The van der Waals surface area contributed by atoms with Crippen LogP contribution in [0.2, 0.25) is 0 Å². The number of alkyl carbamates (subject to hydrolysis) is 1. The number of aromatic hydroxyl groups is 1. The Bertz CT molecular complexity index is 1440. The maximum absolute atomic E-state index is 12.9. The van der Waals surface area contributed by atoms with Gasteiger partial charge in [0.05, 0.1) is 6.54 Å². The van der Waals surface area contributed by atoms with Gasteiger partial charge in [0.15, 0.2) is 4.98 Å². The number of rotatable bonds is 10. The van der Waals surface area contributed by atoms with Gasteiger partial charge in [-0.2, -0.15) is 21.6 Å². The Balaban J connectivity index is 2.17. The normalized spacial score (nSPS) is 12.4. The Labute approximate surface area is 232 Å². The Kier molecular flexibility index (Phi) is 10.5. The van der Waals surface area contributed by atoms with Crippen LogP contribution in [0.1, 0.15) is 31.9 Å². The first kappa shape index (κ1) is 32.6. The first-order chi connectivity index (χ1) is 18.9. The third kappa shape index (κ3) is 10.5. The molecule has 13 nitrogen and oxygen atoms in total. The minimum absolute atomic E-state index is 0.000150. The highest BCUT2D eigenvalue weighted by atomic mass is 32.2. The van der Waals surface area contributed by atoms with E-state index in [1.165, 1.54) is 12.1 Å². The van der Waals surface area contributed by atoms with Gasteiger partial charge >= 0.3 is 27.4 Å². The summed E-state index contributed by atoms with van der Waals surface area (Å²) in [4.78, 5) is 40.2. The van der Waals surface area contributed by atoms with Gasteiger partial charge in [0, 0.05) is 19.0 Å². The van der Waals surface area contributed by atoms with Gasteiger partial charge in [0.1, 0.15) is 17.4 Å². The van der Waals surface area contributed by atoms with Crippen molar-refractivity contribution >= 4 is 33.7 Å². The summed E-state index contributed by atoms with van der Waals surface area (Å²) in [6.07, 6.45) is -1.36. The highest BCUT2D eigenvalue weighted by molar-refractivity contribution is 7.88. The number of hydrogen-bond donors (Lipinski definition) is 4. The minimum atomic E-state index is -6.07. The van der Waals surface area contributed by atoms with E-state index < -0.39 is 63.2 Å². The Hall–Kier alpha value is -4.59. The molecule has 0 unspecified atom stereocenters. The van der Waals surface area contributed by atoms with Gasteiger partial charge in [-0.25, -0.2) is 4.79 Å². The quantitative estimate of drug-likeness (QED) is 0.180. The molecule has 2 aromatic carbocycles. The summed E-state index contributed by atoms with van der Waals surface area (Å²) in [7, 11) is -6.07. The number of benzene rings is 2. The van der Waals surface area contributed by atoms with E-state index in [0.29, 0.717) is 5.56 Å². The number of carbonyl (C=O) groups is 3. The predicted molar refractivity (Wildman–Crippen MR) is 137 cm³/mol. The fourth-order valence-electron chi connectivity index (χ4n) is 3.12. The summed E-state index contributed by atoms with van der Waals surface area (Å²) >= 11 is 0. The monoisotopic (exact) mass is 602 g/mol. The lowest BCUT2D eigenvalue weighted by molar-refractivity contribution is -0.127. The van der Waals surface area contributed by atoms with Crippen molar-refractivity contribution in [3.05, 3.63) is 58.6 Å². The van der Waals surface area contributed by atoms with Crippen molar-refractivity contribution in [1.82, 2.24) is 16.0 Å². The molecular formula is C24H27F3N5O8S+. The molecule has 0 aliphatic heterocycles. The topological polar surface area (TPSA) is 188 Å². The lowest BCUT2D eigenvalue weighted by Gasteiger charge is -2.23. The number of carbonyl (C=O) groups excluding carboxylic acids is 3. The van der Waals surface area contributed by atoms with Gasteiger partial charge in [-0.05, 0) is 50.1 Å². The van der Waals surface area contributed by atoms with Crippen molar-refractivity contribution in [3.8, 4) is 11.5 Å². The molecule has 222 valence electrons. The fourth-order valence-corrected chi connectivity index (χ4v) is 3.59. The van der Waals surface area contributed by atoms with Gasteiger partial charge in [0.2, 0.25) is 23.0 Å². The number of diazo groups is 1. The third-order valence-electron chi connectivity index (χ3n) is 4.88. The average Bonchev–Trinajstić information content (AvgIpc) is 2.84. The maximum atomic E-state index is 12.9. The first-order valence-corrected chi connectivity index (χ1v) is 13.1. The summed E-state index contributed by atoms with van der Waals surface area (Å²) in [5.74, 6) is -2.41. The Morgan fingerprint density at radius 1 is 1.05 bits per heavy atom. The molecule has 0 aromatic heterocycles. The summed E-state index contributed by atoms with van der Waals surface area (Å²) in [5, 5.41) is 25.9. The zero-order valence-corrected chi connectivity index (χ0v) is 22.8. The minimum Gasteiger partial charge on any atom is -0.508 e. The van der Waals surface area contributed by atoms with E-state index in [1.807, 2.05) is 0 Å². The smallest absolute Gasteiger partial charge is 0.508 e. The highest BCUT2D eigenvalue weighted by Gasteiger charge is 2.49. The molecule has 0 fully saturated rings. The molecule has 17 heteroatoms. The molecule has 0 saturated carbocycles. The van der Waals surface area contributed by atoms with Crippen molar-refractivity contribution < 1.29 is 50.0 Å². The number of alkyl halides is 3. The number of ether oxygens (including phenoxy) is 1. The van der Waals surface area contributed by atoms with Crippen LogP contribution in [-0.4, -0.2) is 55.1 Å². The SMILES string of the molecule is CC(C)(C)OC(=O)N[C@H](Cc1ccc(OS(=O)(=O)C(F)(F)F)c([N+]#N)c1)C(=O)NCC(=O)NCc1cccc(O)c1. The Morgan fingerprint density at radius 2 is 1.73 bits per heavy atom. The second-order valence-electron chi connectivity index (χ2n) is 9.45. The lowest BCUT2D eigenvalue weighted by Crippen LogP contribution is -2.51. The number of nitrogens with zero attached hydrogens (tertiary/aromatic N) is 2. The van der Waals surface area contributed by atoms with Gasteiger partial charge in [-0.1, -0.05) is 18.2 Å². The molecule has 3 amide bonds. The van der Waals surface area contributed by atoms with Crippen molar-refractivity contribution in [2.75, 3.05) is 6.54 Å². The molecule has 0 heterocycles. The van der Waals surface area contributed by atoms with Crippen molar-refractivity contribution in [2.45, 2.75) is 50.9 Å². The van der Waals surface area contributed by atoms with Crippen LogP contribution in [0.25, 0.3) is 4.98 Å². The van der Waals surface area contributed by atoms with Crippen LogP contribution in [0.3, 0.4) is 0 Å². The molecule has 0 aliphatic rings. The second kappa shape index (κ2) is 13.2. The molecule has 0 saturated heterocycles. The van der Waals surface area contributed by atoms with E-state index in [1.54, 1.807) is 32.9 Å². The van der Waals surface area contributed by atoms with E-state index in [9.17, 15) is 46.5 Å². The molecule has 2 aromatic rings. The number of amides is 3. The molecule has 0 aliphatic carbocycles. The molecule has 41 heavy (non-hydrogen) atoms. The molecule has 4 N–H and O–H groups in total. The van der Waals surface area contributed by atoms with Crippen LogP contribution in [0.5, 0.6) is 11.5 Å². The van der Waals surface area contributed by atoms with E-state index in [0.717, 1.165) is 18.2 Å². The first-order valence-electron chi connectivity index (χ1n) is 11.7. The number of phenolic OH excluding ortho intramolecular Hbond substituents is 1. The fraction of sp³-hybridized carbons (Fsp3) is 0.375. The summed E-state index contributed by atoms with van der Waals surface area (Å²) in [6.45, 7) is 4.25. The number of nitrogens with one attached hydrogen (secondary N) is 3. The lowest BCUT2D eigenvalue weighted by atomic mass is 10.0. The van der Waals surface area contributed by atoms with E-state index in [2.05, 4.69) is 25.1 Å². The molecule has 1 atom stereocenters. The van der Waals surface area contributed by atoms with Gasteiger partial charge in [-0.3, -0.25) is 9.59 Å². The van der Waals surface area contributed by atoms with Crippen LogP contribution in [0.15, 0.2) is 42.5 Å². The largest absolute Gasteiger partial charge is 0.534 e. The van der Waals surface area contributed by atoms with E-state index >= 15 is 0 Å². The molecule has 0 bridgehead atoms. The molecule has 0 radical (unpaired) electrons. The second-order valence-corrected chi connectivity index (χ2v) is 11.0. The molecular weight excluding hydrogens is 575 g/mol. The zero-order chi connectivity index (χ0) is 31.0. The van der Waals surface area contributed by atoms with Gasteiger partial charge in [0.25, 0.3) is 0 Å². The molecule has 0 spiro atoms. The average molecular weight is 603 g/mol. The van der Waals surface area contributed by atoms with Gasteiger partial charge < -0.3 is 30.0 Å². The van der Waals surface area contributed by atoms with Crippen molar-refractivity contribution in [2.24, 2.45) is 0 Å². The zero-order valence-electron chi connectivity index (χ0n) is 22.0. The van der Waals surface area contributed by atoms with Crippen molar-refractivity contribution in [3.63, 3.8) is 0 Å².